The highest BCUT2D eigenvalue weighted by Crippen LogP contribution is 2.10. The Kier molecular flexibility index (Phi) is 4.49. The molecule has 1 N–H and O–H groups in total. The topological polar surface area (TPSA) is 78.4 Å². The van der Waals surface area contributed by atoms with Crippen LogP contribution in [0.4, 0.5) is 5.95 Å². The van der Waals surface area contributed by atoms with Gasteiger partial charge in [-0.1, -0.05) is 6.92 Å². The van der Waals surface area contributed by atoms with E-state index in [0.29, 0.717) is 25.5 Å². The van der Waals surface area contributed by atoms with Crippen molar-refractivity contribution in [1.82, 2.24) is 20.2 Å². The Bertz CT molecular complexity index is 479. The maximum Gasteiger partial charge on any atom is 0.242 e. The number of amides is 2. The molecule has 2 amide bonds. The molecule has 108 valence electrons. The molecular formula is C13H19N5O2. The molecule has 1 aromatic rings. The zero-order valence-corrected chi connectivity index (χ0v) is 11.7. The van der Waals surface area contributed by atoms with E-state index in [1.807, 2.05) is 6.92 Å². The van der Waals surface area contributed by atoms with Gasteiger partial charge in [0.05, 0.1) is 6.54 Å². The fraction of sp³-hybridized carbons (Fsp3) is 0.538. The van der Waals surface area contributed by atoms with Gasteiger partial charge in [-0.2, -0.15) is 0 Å². The molecule has 2 heterocycles. The summed E-state index contributed by atoms with van der Waals surface area (Å²) in [4.78, 5) is 35.6. The Morgan fingerprint density at radius 1 is 1.50 bits per heavy atom. The van der Waals surface area contributed by atoms with E-state index in [9.17, 15) is 9.59 Å². The average molecular weight is 277 g/mol. The molecule has 20 heavy (non-hydrogen) atoms. The van der Waals surface area contributed by atoms with Gasteiger partial charge in [-0.3, -0.25) is 9.59 Å². The molecule has 1 atom stereocenters. The molecule has 0 bridgehead atoms. The second-order valence-corrected chi connectivity index (χ2v) is 4.71. The minimum Gasteiger partial charge on any atom is -0.353 e. The van der Waals surface area contributed by atoms with Crippen molar-refractivity contribution >= 4 is 17.8 Å². The van der Waals surface area contributed by atoms with E-state index in [-0.39, 0.29) is 24.4 Å². The van der Waals surface area contributed by atoms with Gasteiger partial charge in [-0.05, 0) is 12.5 Å². The quantitative estimate of drug-likeness (QED) is 0.814. The maximum atomic E-state index is 12.3. The van der Waals surface area contributed by atoms with Crippen LogP contribution in [0.1, 0.15) is 13.3 Å². The van der Waals surface area contributed by atoms with Gasteiger partial charge in [0.25, 0.3) is 0 Å². The summed E-state index contributed by atoms with van der Waals surface area (Å²) in [6, 6.07) is 1.35. The van der Waals surface area contributed by atoms with Crippen LogP contribution in [0, 0.1) is 0 Å². The minimum absolute atomic E-state index is 0.0780. The van der Waals surface area contributed by atoms with Crippen LogP contribution in [0.25, 0.3) is 0 Å². The molecule has 0 radical (unpaired) electrons. The zero-order valence-electron chi connectivity index (χ0n) is 11.7. The molecule has 0 spiro atoms. The van der Waals surface area contributed by atoms with Crippen LogP contribution in [0.3, 0.4) is 0 Å². The van der Waals surface area contributed by atoms with E-state index in [4.69, 9.17) is 0 Å². The van der Waals surface area contributed by atoms with Crippen molar-refractivity contribution < 1.29 is 9.59 Å². The average Bonchev–Trinajstić information content (AvgIpc) is 2.47. The fourth-order valence-electron chi connectivity index (χ4n) is 2.27. The van der Waals surface area contributed by atoms with Crippen LogP contribution in [-0.4, -0.2) is 59.4 Å². The van der Waals surface area contributed by atoms with Crippen LogP contribution >= 0.6 is 0 Å². The SMILES string of the molecule is CCC1C(=O)NCCN1C(=O)CN(C)c1ncccn1. The predicted octanol–water partition coefficient (Wildman–Crippen LogP) is -0.350. The van der Waals surface area contributed by atoms with E-state index in [1.165, 1.54) is 0 Å². The van der Waals surface area contributed by atoms with Crippen LogP contribution in [0.5, 0.6) is 0 Å². The standard InChI is InChI=1S/C13H19N5O2/c1-3-10-12(20)14-7-8-18(10)11(19)9-17(2)13-15-5-4-6-16-13/h4-6,10H,3,7-9H2,1-2H3,(H,14,20). The van der Waals surface area contributed by atoms with Crippen molar-refractivity contribution in [3.8, 4) is 0 Å². The lowest BCUT2D eigenvalue weighted by atomic mass is 10.1. The number of hydrogen-bond donors (Lipinski definition) is 1. The summed E-state index contributed by atoms with van der Waals surface area (Å²) in [5, 5.41) is 2.78. The minimum atomic E-state index is -0.374. The van der Waals surface area contributed by atoms with Crippen molar-refractivity contribution in [3.05, 3.63) is 18.5 Å². The second-order valence-electron chi connectivity index (χ2n) is 4.71. The van der Waals surface area contributed by atoms with Crippen LogP contribution in [0.2, 0.25) is 0 Å². The molecule has 1 aromatic heterocycles. The Labute approximate surface area is 118 Å². The van der Waals surface area contributed by atoms with Gasteiger partial charge in [0.15, 0.2) is 0 Å². The van der Waals surface area contributed by atoms with E-state index in [0.717, 1.165) is 0 Å². The summed E-state index contributed by atoms with van der Waals surface area (Å²) in [5.74, 6) is 0.336. The number of rotatable bonds is 4. The van der Waals surface area contributed by atoms with Crippen molar-refractivity contribution in [2.75, 3.05) is 31.6 Å². The Morgan fingerprint density at radius 2 is 2.20 bits per heavy atom. The Morgan fingerprint density at radius 3 is 2.85 bits per heavy atom. The summed E-state index contributed by atoms with van der Waals surface area (Å²) in [7, 11) is 1.76. The molecule has 1 aliphatic heterocycles. The van der Waals surface area contributed by atoms with Gasteiger partial charge < -0.3 is 15.1 Å². The van der Waals surface area contributed by atoms with Gasteiger partial charge >= 0.3 is 0 Å². The van der Waals surface area contributed by atoms with Crippen molar-refractivity contribution in [2.45, 2.75) is 19.4 Å². The molecule has 7 nitrogen and oxygen atoms in total. The highest BCUT2D eigenvalue weighted by atomic mass is 16.2. The van der Waals surface area contributed by atoms with E-state index < -0.39 is 0 Å². The third kappa shape index (κ3) is 3.04. The molecule has 0 aromatic carbocycles. The van der Waals surface area contributed by atoms with Gasteiger partial charge in [-0.15, -0.1) is 0 Å². The number of nitrogens with zero attached hydrogens (tertiary/aromatic N) is 4. The normalized spacial score (nSPS) is 18.6. The summed E-state index contributed by atoms with van der Waals surface area (Å²) in [5.41, 5.74) is 0. The van der Waals surface area contributed by atoms with Crippen molar-refractivity contribution in [1.29, 1.82) is 0 Å². The van der Waals surface area contributed by atoms with Crippen LogP contribution in [0.15, 0.2) is 18.5 Å². The summed E-state index contributed by atoms with van der Waals surface area (Å²) in [6.45, 7) is 3.12. The van der Waals surface area contributed by atoms with Gasteiger partial charge in [0.1, 0.15) is 6.04 Å². The van der Waals surface area contributed by atoms with E-state index in [2.05, 4.69) is 15.3 Å². The second kappa shape index (κ2) is 6.31. The number of hydrogen-bond acceptors (Lipinski definition) is 5. The van der Waals surface area contributed by atoms with E-state index in [1.54, 1.807) is 35.3 Å². The highest BCUT2D eigenvalue weighted by molar-refractivity contribution is 5.90. The molecular weight excluding hydrogens is 258 g/mol. The van der Waals surface area contributed by atoms with Gasteiger partial charge in [-0.25, -0.2) is 9.97 Å². The Hall–Kier alpha value is -2.18. The third-order valence-corrected chi connectivity index (χ3v) is 3.30. The van der Waals surface area contributed by atoms with Crippen LogP contribution in [-0.2, 0) is 9.59 Å². The number of carbonyl (C=O) groups excluding carboxylic acids is 2. The fourth-order valence-corrected chi connectivity index (χ4v) is 2.27. The monoisotopic (exact) mass is 277 g/mol. The first kappa shape index (κ1) is 14.2. The van der Waals surface area contributed by atoms with Crippen LogP contribution < -0.4 is 10.2 Å². The summed E-state index contributed by atoms with van der Waals surface area (Å²) in [6.07, 6.45) is 3.88. The predicted molar refractivity (Wildman–Crippen MR) is 74.1 cm³/mol. The van der Waals surface area contributed by atoms with Gasteiger partial charge in [0, 0.05) is 32.5 Å². The van der Waals surface area contributed by atoms with Crippen molar-refractivity contribution in [3.63, 3.8) is 0 Å². The molecule has 1 aliphatic rings. The summed E-state index contributed by atoms with van der Waals surface area (Å²) >= 11 is 0. The molecule has 1 fully saturated rings. The number of piperazine rings is 1. The molecule has 0 saturated carbocycles. The van der Waals surface area contributed by atoms with E-state index >= 15 is 0 Å². The van der Waals surface area contributed by atoms with Gasteiger partial charge in [0.2, 0.25) is 17.8 Å². The molecule has 0 aliphatic carbocycles. The number of aromatic nitrogens is 2. The largest absolute Gasteiger partial charge is 0.353 e. The number of carbonyl (C=O) groups is 2. The molecule has 1 saturated heterocycles. The first-order valence-corrected chi connectivity index (χ1v) is 6.68. The molecule has 2 rings (SSSR count). The number of nitrogens with one attached hydrogen (secondary N) is 1. The first-order valence-electron chi connectivity index (χ1n) is 6.68. The number of anilines is 1. The lowest BCUT2D eigenvalue weighted by Crippen LogP contribution is -2.58. The Balaban J connectivity index is 2.02. The lowest BCUT2D eigenvalue weighted by Gasteiger charge is -2.35. The lowest BCUT2D eigenvalue weighted by molar-refractivity contribution is -0.142. The summed E-state index contributed by atoms with van der Waals surface area (Å²) < 4.78 is 0. The maximum absolute atomic E-state index is 12.3. The molecule has 7 heteroatoms. The zero-order chi connectivity index (χ0) is 14.5. The number of likely N-dealkylation sites (N-methyl/N-ethyl adjacent to an activating group) is 1. The smallest absolute Gasteiger partial charge is 0.242 e. The molecule has 1 unspecified atom stereocenters. The highest BCUT2D eigenvalue weighted by Gasteiger charge is 2.31. The first-order chi connectivity index (χ1) is 9.63. The van der Waals surface area contributed by atoms with Crippen molar-refractivity contribution in [2.24, 2.45) is 0 Å². The third-order valence-electron chi connectivity index (χ3n) is 3.30.